The molecule has 0 spiro atoms. The van der Waals surface area contributed by atoms with Crippen molar-refractivity contribution < 1.29 is 4.74 Å². The van der Waals surface area contributed by atoms with E-state index in [0.717, 1.165) is 22.1 Å². The van der Waals surface area contributed by atoms with Crippen molar-refractivity contribution in [1.82, 2.24) is 0 Å². The zero-order valence-corrected chi connectivity index (χ0v) is 18.5. The number of rotatable bonds is 2. The van der Waals surface area contributed by atoms with E-state index in [1.165, 1.54) is 17.8 Å². The van der Waals surface area contributed by atoms with Crippen LogP contribution in [0.15, 0.2) is 52.4 Å². The quantitative estimate of drug-likeness (QED) is 0.404. The molecule has 0 aromatic heterocycles. The Morgan fingerprint density at radius 1 is 0.923 bits per heavy atom. The van der Waals surface area contributed by atoms with E-state index in [1.54, 1.807) is 7.11 Å². The van der Waals surface area contributed by atoms with Crippen molar-refractivity contribution in [2.45, 2.75) is 13.0 Å². The first-order valence-electron chi connectivity index (χ1n) is 7.27. The predicted molar refractivity (Wildman–Crippen MR) is 117 cm³/mol. The molecular formula is C17H11Cl6NOS. The number of alkyl halides is 6. The summed E-state index contributed by atoms with van der Waals surface area (Å²) in [5.74, 6) is 0.757. The normalized spacial score (nSPS) is 18.5. The lowest BCUT2D eigenvalue weighted by atomic mass is 10.0. The van der Waals surface area contributed by atoms with Crippen molar-refractivity contribution in [3.63, 3.8) is 0 Å². The highest BCUT2D eigenvalue weighted by atomic mass is 35.6. The lowest BCUT2D eigenvalue weighted by Crippen LogP contribution is -2.23. The molecule has 138 valence electrons. The zero-order chi connectivity index (χ0) is 19.1. The Labute approximate surface area is 185 Å². The van der Waals surface area contributed by atoms with Crippen LogP contribution in [0, 0.1) is 0 Å². The van der Waals surface area contributed by atoms with E-state index in [0.29, 0.717) is 4.91 Å². The van der Waals surface area contributed by atoms with Gasteiger partial charge in [-0.25, -0.2) is 0 Å². The third-order valence-electron chi connectivity index (χ3n) is 3.74. The monoisotopic (exact) mass is 487 g/mol. The first-order chi connectivity index (χ1) is 12.1. The number of benzene rings is 2. The summed E-state index contributed by atoms with van der Waals surface area (Å²) in [4.78, 5) is 5.02. The van der Waals surface area contributed by atoms with Gasteiger partial charge in [-0.15, -0.1) is 0 Å². The van der Waals surface area contributed by atoms with Crippen LogP contribution in [0.1, 0.15) is 10.9 Å². The van der Waals surface area contributed by atoms with Gasteiger partial charge in [-0.3, -0.25) is 4.99 Å². The topological polar surface area (TPSA) is 21.6 Å². The number of methoxy groups -OCH3 is 1. The Balaban J connectivity index is 2.17. The fourth-order valence-electron chi connectivity index (χ4n) is 2.59. The molecule has 1 atom stereocenters. The van der Waals surface area contributed by atoms with Crippen LogP contribution in [-0.4, -0.2) is 20.4 Å². The average Bonchev–Trinajstić information content (AvgIpc) is 2.59. The van der Waals surface area contributed by atoms with E-state index in [4.69, 9.17) is 74.3 Å². The SMILES string of the molecule is COc1ccc(C2N=C(C(Cl)(Cl)Cl)C=C(C(Cl)(Cl)Cl)S2)c2ccccc12. The number of hydrogen-bond donors (Lipinski definition) is 0. The van der Waals surface area contributed by atoms with Gasteiger partial charge in [-0.05, 0) is 23.1 Å². The van der Waals surface area contributed by atoms with E-state index < -0.39 is 13.0 Å². The van der Waals surface area contributed by atoms with Crippen LogP contribution in [-0.2, 0) is 0 Å². The number of ether oxygens (including phenoxy) is 1. The number of aliphatic imine (C=N–C) groups is 1. The van der Waals surface area contributed by atoms with Crippen molar-refractivity contribution in [1.29, 1.82) is 0 Å². The summed E-state index contributed by atoms with van der Waals surface area (Å²) in [6, 6.07) is 11.6. The zero-order valence-electron chi connectivity index (χ0n) is 13.2. The van der Waals surface area contributed by atoms with Crippen LogP contribution in [0.4, 0.5) is 0 Å². The van der Waals surface area contributed by atoms with Gasteiger partial charge < -0.3 is 4.74 Å². The van der Waals surface area contributed by atoms with Crippen LogP contribution < -0.4 is 4.74 Å². The molecule has 0 bridgehead atoms. The fourth-order valence-corrected chi connectivity index (χ4v) is 4.52. The van der Waals surface area contributed by atoms with Gasteiger partial charge in [0.15, 0.2) is 0 Å². The van der Waals surface area contributed by atoms with Crippen LogP contribution in [0.5, 0.6) is 5.75 Å². The molecule has 2 nitrogen and oxygen atoms in total. The third kappa shape index (κ3) is 4.35. The largest absolute Gasteiger partial charge is 0.496 e. The average molecular weight is 490 g/mol. The predicted octanol–water partition coefficient (Wildman–Crippen LogP) is 7.66. The summed E-state index contributed by atoms with van der Waals surface area (Å²) in [7, 11) is 1.62. The number of thioether (sulfide) groups is 1. The van der Waals surface area contributed by atoms with E-state index in [9.17, 15) is 0 Å². The molecule has 1 unspecified atom stereocenters. The first-order valence-corrected chi connectivity index (χ1v) is 10.4. The molecule has 1 heterocycles. The Kier molecular flexibility index (Phi) is 6.21. The van der Waals surface area contributed by atoms with Crippen molar-refractivity contribution >= 4 is 97.9 Å². The first kappa shape index (κ1) is 20.7. The lowest BCUT2D eigenvalue weighted by molar-refractivity contribution is 0.419. The summed E-state index contributed by atoms with van der Waals surface area (Å²) in [6.45, 7) is 0. The molecule has 0 amide bonds. The minimum atomic E-state index is -1.73. The van der Waals surface area contributed by atoms with Gasteiger partial charge in [-0.2, -0.15) is 0 Å². The minimum absolute atomic E-state index is 0.215. The summed E-state index contributed by atoms with van der Waals surface area (Å²) in [6.07, 6.45) is 1.51. The Morgan fingerprint density at radius 3 is 2.15 bits per heavy atom. The van der Waals surface area contributed by atoms with Crippen LogP contribution in [0.2, 0.25) is 0 Å². The number of halogens is 6. The molecule has 0 fully saturated rings. The summed E-state index contributed by atoms with van der Waals surface area (Å²) in [5.41, 5.74) is 1.12. The minimum Gasteiger partial charge on any atom is -0.496 e. The van der Waals surface area contributed by atoms with Gasteiger partial charge in [-0.1, -0.05) is 112 Å². The molecule has 1 aliphatic rings. The molecule has 0 aliphatic carbocycles. The second kappa shape index (κ2) is 7.79. The Bertz CT molecular complexity index is 900. The van der Waals surface area contributed by atoms with Gasteiger partial charge in [0.1, 0.15) is 11.1 Å². The summed E-state index contributed by atoms with van der Waals surface area (Å²) >= 11 is 37.7. The number of nitrogens with zero attached hydrogens (tertiary/aromatic N) is 1. The second-order valence-electron chi connectivity index (χ2n) is 5.39. The standard InChI is InChI=1S/C17H11Cl6NOS/c1-25-12-7-6-11(9-4-2-3-5-10(9)12)15-24-13(16(18,19)20)8-14(26-15)17(21,22)23/h2-8,15H,1H3. The van der Waals surface area contributed by atoms with Crippen LogP contribution in [0.25, 0.3) is 10.8 Å². The Morgan fingerprint density at radius 2 is 1.58 bits per heavy atom. The smallest absolute Gasteiger partial charge is 0.232 e. The maximum Gasteiger partial charge on any atom is 0.232 e. The van der Waals surface area contributed by atoms with E-state index in [2.05, 4.69) is 4.99 Å². The number of hydrogen-bond acceptors (Lipinski definition) is 3. The van der Waals surface area contributed by atoms with Crippen LogP contribution in [0.3, 0.4) is 0 Å². The maximum atomic E-state index is 6.08. The van der Waals surface area contributed by atoms with Crippen LogP contribution >= 0.6 is 81.4 Å². The van der Waals surface area contributed by atoms with Crippen molar-refractivity contribution in [3.8, 4) is 5.75 Å². The van der Waals surface area contributed by atoms with Gasteiger partial charge in [0, 0.05) is 10.3 Å². The molecule has 0 saturated heterocycles. The molecule has 0 saturated carbocycles. The summed E-state index contributed by atoms with van der Waals surface area (Å²) in [5, 5.41) is 1.47. The highest BCUT2D eigenvalue weighted by Gasteiger charge is 2.37. The highest BCUT2D eigenvalue weighted by molar-refractivity contribution is 8.03. The molecule has 0 N–H and O–H groups in total. The lowest BCUT2D eigenvalue weighted by Gasteiger charge is -2.27. The molecule has 1 aliphatic heterocycles. The molecule has 9 heteroatoms. The third-order valence-corrected chi connectivity index (χ3v) is 6.52. The number of fused-ring (bicyclic) bond motifs is 1. The summed E-state index contributed by atoms with van der Waals surface area (Å²) < 4.78 is 2.06. The van der Waals surface area contributed by atoms with Gasteiger partial charge in [0.25, 0.3) is 0 Å². The molecule has 2 aromatic rings. The van der Waals surface area contributed by atoms with Crippen molar-refractivity contribution in [2.24, 2.45) is 4.99 Å². The highest BCUT2D eigenvalue weighted by Crippen LogP contribution is 2.52. The van der Waals surface area contributed by atoms with E-state index >= 15 is 0 Å². The fraction of sp³-hybridized carbons (Fsp3) is 0.235. The van der Waals surface area contributed by atoms with E-state index in [1.807, 2.05) is 36.4 Å². The Hall–Kier alpha value is -0.000000000000000444. The molecule has 26 heavy (non-hydrogen) atoms. The van der Waals surface area contributed by atoms with E-state index in [-0.39, 0.29) is 5.71 Å². The number of allylic oxidation sites excluding steroid dienone is 2. The van der Waals surface area contributed by atoms with Crippen molar-refractivity contribution in [3.05, 3.63) is 52.9 Å². The van der Waals surface area contributed by atoms with Gasteiger partial charge in [0.2, 0.25) is 7.59 Å². The maximum absolute atomic E-state index is 6.08. The van der Waals surface area contributed by atoms with Gasteiger partial charge in [0.05, 0.1) is 12.8 Å². The molecule has 0 radical (unpaired) electrons. The van der Waals surface area contributed by atoms with Crippen molar-refractivity contribution in [2.75, 3.05) is 7.11 Å². The second-order valence-corrected chi connectivity index (χ2v) is 11.1. The van der Waals surface area contributed by atoms with Gasteiger partial charge >= 0.3 is 0 Å². The molecular weight excluding hydrogens is 479 g/mol. The molecule has 3 rings (SSSR count). The molecule has 2 aromatic carbocycles.